The second kappa shape index (κ2) is 7.46. The van der Waals surface area contributed by atoms with E-state index < -0.39 is 0 Å². The first-order valence-corrected chi connectivity index (χ1v) is 9.67. The SMILES string of the molecule is CC1CC[NH+](CCC(=O)Nc2sc3c(c2C#N)CCCC3)CC1. The molecular formula is C18H26N3OS+. The summed E-state index contributed by atoms with van der Waals surface area (Å²) in [5, 5.41) is 13.2. The minimum Gasteiger partial charge on any atom is -0.334 e. The van der Waals surface area contributed by atoms with Crippen LogP contribution in [-0.2, 0) is 17.6 Å². The van der Waals surface area contributed by atoms with Crippen molar-refractivity contribution in [1.29, 1.82) is 5.26 Å². The summed E-state index contributed by atoms with van der Waals surface area (Å²) in [5.41, 5.74) is 1.91. The molecular weight excluding hydrogens is 306 g/mol. The summed E-state index contributed by atoms with van der Waals surface area (Å²) in [6.45, 7) is 5.59. The summed E-state index contributed by atoms with van der Waals surface area (Å²) in [6.07, 6.45) is 7.49. The fourth-order valence-corrected chi connectivity index (χ4v) is 4.93. The fraction of sp³-hybridized carbons (Fsp3) is 0.667. The Hall–Kier alpha value is -1.38. The molecule has 1 aliphatic heterocycles. The first kappa shape index (κ1) is 16.5. The Morgan fingerprint density at radius 3 is 2.83 bits per heavy atom. The number of amides is 1. The van der Waals surface area contributed by atoms with Crippen molar-refractivity contribution >= 4 is 22.2 Å². The lowest BCUT2D eigenvalue weighted by Gasteiger charge is -2.27. The van der Waals surface area contributed by atoms with Gasteiger partial charge in [0.2, 0.25) is 5.91 Å². The number of thiophene rings is 1. The highest BCUT2D eigenvalue weighted by atomic mass is 32.1. The largest absolute Gasteiger partial charge is 0.334 e. The van der Waals surface area contributed by atoms with Crippen LogP contribution in [0.3, 0.4) is 0 Å². The highest BCUT2D eigenvalue weighted by molar-refractivity contribution is 7.16. The van der Waals surface area contributed by atoms with E-state index in [0.717, 1.165) is 42.3 Å². The zero-order valence-corrected chi connectivity index (χ0v) is 14.7. The van der Waals surface area contributed by atoms with Crippen LogP contribution in [0.5, 0.6) is 0 Å². The Kier molecular flexibility index (Phi) is 5.34. The van der Waals surface area contributed by atoms with Crippen molar-refractivity contribution in [3.63, 3.8) is 0 Å². The molecule has 1 fully saturated rings. The van der Waals surface area contributed by atoms with E-state index >= 15 is 0 Å². The third kappa shape index (κ3) is 3.94. The Balaban J connectivity index is 1.56. The number of nitrogens with one attached hydrogen (secondary N) is 2. The van der Waals surface area contributed by atoms with Gasteiger partial charge in [0.05, 0.1) is 31.6 Å². The molecule has 5 heteroatoms. The topological polar surface area (TPSA) is 57.3 Å². The Morgan fingerprint density at radius 2 is 2.09 bits per heavy atom. The molecule has 0 saturated carbocycles. The van der Waals surface area contributed by atoms with Crippen molar-refractivity contribution in [2.75, 3.05) is 25.0 Å². The minimum absolute atomic E-state index is 0.0613. The lowest BCUT2D eigenvalue weighted by atomic mass is 9.96. The van der Waals surface area contributed by atoms with Gasteiger partial charge >= 0.3 is 0 Å². The lowest BCUT2D eigenvalue weighted by molar-refractivity contribution is -0.905. The van der Waals surface area contributed by atoms with Crippen molar-refractivity contribution in [2.24, 2.45) is 5.92 Å². The molecule has 124 valence electrons. The van der Waals surface area contributed by atoms with Gasteiger partial charge in [0.15, 0.2) is 0 Å². The average Bonchev–Trinajstić information content (AvgIpc) is 2.91. The standard InChI is InChI=1S/C18H25N3OS/c1-13-6-9-21(10-7-13)11-8-17(22)20-18-15(12-19)14-4-2-3-5-16(14)23-18/h13H,2-11H2,1H3,(H,20,22)/p+1. The molecule has 1 amide bonds. The van der Waals surface area contributed by atoms with E-state index in [2.05, 4.69) is 18.3 Å². The van der Waals surface area contributed by atoms with Crippen molar-refractivity contribution in [3.05, 3.63) is 16.0 Å². The van der Waals surface area contributed by atoms with E-state index in [4.69, 9.17) is 0 Å². The smallest absolute Gasteiger partial charge is 0.230 e. The summed E-state index contributed by atoms with van der Waals surface area (Å²) in [5.74, 6) is 0.898. The number of hydrogen-bond donors (Lipinski definition) is 2. The van der Waals surface area contributed by atoms with Gasteiger partial charge in [0.25, 0.3) is 0 Å². The van der Waals surface area contributed by atoms with Gasteiger partial charge in [0, 0.05) is 4.88 Å². The third-order valence-electron chi connectivity index (χ3n) is 5.22. The molecule has 0 aromatic carbocycles. The zero-order chi connectivity index (χ0) is 16.2. The summed E-state index contributed by atoms with van der Waals surface area (Å²) in [4.78, 5) is 15.1. The van der Waals surface area contributed by atoms with Gasteiger partial charge < -0.3 is 10.2 Å². The fourth-order valence-electron chi connectivity index (χ4n) is 3.67. The van der Waals surface area contributed by atoms with Crippen LogP contribution < -0.4 is 10.2 Å². The number of rotatable bonds is 4. The maximum absolute atomic E-state index is 12.3. The van der Waals surface area contributed by atoms with Crippen molar-refractivity contribution in [2.45, 2.75) is 51.9 Å². The van der Waals surface area contributed by atoms with Gasteiger partial charge in [-0.25, -0.2) is 0 Å². The number of carbonyl (C=O) groups is 1. The van der Waals surface area contributed by atoms with Crippen LogP contribution in [0.2, 0.25) is 0 Å². The number of nitriles is 1. The van der Waals surface area contributed by atoms with Crippen LogP contribution in [-0.4, -0.2) is 25.5 Å². The van der Waals surface area contributed by atoms with E-state index in [1.807, 2.05) is 0 Å². The molecule has 2 N–H and O–H groups in total. The van der Waals surface area contributed by atoms with Gasteiger partial charge in [-0.1, -0.05) is 6.92 Å². The van der Waals surface area contributed by atoms with Gasteiger partial charge in [0.1, 0.15) is 11.1 Å². The van der Waals surface area contributed by atoms with E-state index in [0.29, 0.717) is 6.42 Å². The Morgan fingerprint density at radius 1 is 1.35 bits per heavy atom. The quantitative estimate of drug-likeness (QED) is 0.887. The second-order valence-corrected chi connectivity index (χ2v) is 8.11. The summed E-state index contributed by atoms with van der Waals surface area (Å²) in [6, 6.07) is 2.31. The molecule has 1 aromatic rings. The van der Waals surface area contributed by atoms with E-state index in [9.17, 15) is 10.1 Å². The van der Waals surface area contributed by atoms with Gasteiger partial charge in [-0.05, 0) is 50.0 Å². The Labute approximate surface area is 142 Å². The number of likely N-dealkylation sites (tertiary alicyclic amines) is 1. The maximum Gasteiger partial charge on any atom is 0.230 e. The highest BCUT2D eigenvalue weighted by Crippen LogP contribution is 2.37. The van der Waals surface area contributed by atoms with Gasteiger partial charge in [-0.2, -0.15) is 5.26 Å². The predicted octanol–water partition coefficient (Wildman–Crippen LogP) is 2.14. The molecule has 2 aliphatic rings. The molecule has 1 aromatic heterocycles. The first-order chi connectivity index (χ1) is 11.2. The molecule has 0 atom stereocenters. The first-order valence-electron chi connectivity index (χ1n) is 8.85. The molecule has 0 spiro atoms. The summed E-state index contributed by atoms with van der Waals surface area (Å²) in [7, 11) is 0. The normalized spacial score (nSPS) is 23.8. The summed E-state index contributed by atoms with van der Waals surface area (Å²) < 4.78 is 0. The molecule has 0 bridgehead atoms. The average molecular weight is 332 g/mol. The summed E-state index contributed by atoms with van der Waals surface area (Å²) >= 11 is 1.62. The van der Waals surface area contributed by atoms with E-state index in [1.54, 1.807) is 16.2 Å². The van der Waals surface area contributed by atoms with Crippen molar-refractivity contribution in [1.82, 2.24) is 0 Å². The van der Waals surface area contributed by atoms with Crippen LogP contribution in [0.25, 0.3) is 0 Å². The number of quaternary nitrogens is 1. The van der Waals surface area contributed by atoms with Crippen molar-refractivity contribution in [3.8, 4) is 6.07 Å². The molecule has 0 radical (unpaired) electrons. The zero-order valence-electron chi connectivity index (χ0n) is 13.9. The lowest BCUT2D eigenvalue weighted by Crippen LogP contribution is -3.13. The molecule has 23 heavy (non-hydrogen) atoms. The van der Waals surface area contributed by atoms with Crippen LogP contribution in [0.15, 0.2) is 0 Å². The minimum atomic E-state index is 0.0613. The van der Waals surface area contributed by atoms with Crippen LogP contribution >= 0.6 is 11.3 Å². The molecule has 3 rings (SSSR count). The molecule has 1 saturated heterocycles. The molecule has 4 nitrogen and oxygen atoms in total. The number of piperidine rings is 1. The number of aryl methyl sites for hydroxylation is 1. The number of hydrogen-bond acceptors (Lipinski definition) is 3. The number of anilines is 1. The number of nitrogens with zero attached hydrogens (tertiary/aromatic N) is 1. The van der Waals surface area contributed by atoms with Crippen LogP contribution in [0, 0.1) is 17.2 Å². The second-order valence-electron chi connectivity index (χ2n) is 7.01. The van der Waals surface area contributed by atoms with E-state index in [-0.39, 0.29) is 5.91 Å². The van der Waals surface area contributed by atoms with Gasteiger partial charge in [-0.15, -0.1) is 11.3 Å². The predicted molar refractivity (Wildman–Crippen MR) is 92.9 cm³/mol. The van der Waals surface area contributed by atoms with Gasteiger partial charge in [-0.3, -0.25) is 4.79 Å². The van der Waals surface area contributed by atoms with Crippen LogP contribution in [0.1, 0.15) is 55.0 Å². The number of fused-ring (bicyclic) bond motifs is 1. The molecule has 0 unspecified atom stereocenters. The number of carbonyl (C=O) groups excluding carboxylic acids is 1. The van der Waals surface area contributed by atoms with E-state index in [1.165, 1.54) is 42.8 Å². The van der Waals surface area contributed by atoms with Crippen LogP contribution in [0.4, 0.5) is 5.00 Å². The monoisotopic (exact) mass is 332 g/mol. The Bertz CT molecular complexity index is 609. The highest BCUT2D eigenvalue weighted by Gasteiger charge is 2.23. The maximum atomic E-state index is 12.3. The molecule has 2 heterocycles. The molecule has 1 aliphatic carbocycles. The van der Waals surface area contributed by atoms with Crippen molar-refractivity contribution < 1.29 is 9.69 Å². The third-order valence-corrected chi connectivity index (χ3v) is 6.43.